The number of hydrogen-bond acceptors (Lipinski definition) is 6. The van der Waals surface area contributed by atoms with Crippen LogP contribution in [0.3, 0.4) is 0 Å². The zero-order chi connectivity index (χ0) is 14.8. The van der Waals surface area contributed by atoms with E-state index in [9.17, 15) is 0 Å². The first-order valence-corrected chi connectivity index (χ1v) is 7.77. The van der Waals surface area contributed by atoms with Gasteiger partial charge in [0, 0.05) is 18.5 Å². The second-order valence-corrected chi connectivity index (χ2v) is 6.39. The number of nitrogens with one attached hydrogen (secondary N) is 2. The number of fused-ring (bicyclic) bond motifs is 1. The summed E-state index contributed by atoms with van der Waals surface area (Å²) in [6, 6.07) is 3.94. The minimum absolute atomic E-state index is 0.598. The van der Waals surface area contributed by atoms with Crippen molar-refractivity contribution in [3.8, 4) is 0 Å². The first-order chi connectivity index (χ1) is 10.2. The van der Waals surface area contributed by atoms with Gasteiger partial charge in [-0.2, -0.15) is 15.1 Å². The van der Waals surface area contributed by atoms with Gasteiger partial charge in [-0.3, -0.25) is 5.10 Å². The highest BCUT2D eigenvalue weighted by Crippen LogP contribution is 2.27. The van der Waals surface area contributed by atoms with Gasteiger partial charge in [-0.15, -0.1) is 11.3 Å². The molecule has 0 unspecified atom stereocenters. The Kier molecular flexibility index (Phi) is 3.94. The summed E-state index contributed by atoms with van der Waals surface area (Å²) < 4.78 is 0.794. The van der Waals surface area contributed by atoms with Crippen LogP contribution in [0.5, 0.6) is 0 Å². The molecule has 0 spiro atoms. The fourth-order valence-electron chi connectivity index (χ4n) is 2.09. The molecule has 0 atom stereocenters. The van der Waals surface area contributed by atoms with Gasteiger partial charge in [-0.25, -0.2) is 0 Å². The Morgan fingerprint density at radius 3 is 2.95 bits per heavy atom. The van der Waals surface area contributed by atoms with E-state index in [1.165, 1.54) is 4.88 Å². The highest BCUT2D eigenvalue weighted by Gasteiger charge is 2.14. The Morgan fingerprint density at radius 1 is 1.38 bits per heavy atom. The van der Waals surface area contributed by atoms with Crippen molar-refractivity contribution in [1.29, 1.82) is 0 Å². The molecule has 2 N–H and O–H groups in total. The van der Waals surface area contributed by atoms with Gasteiger partial charge < -0.3 is 10.2 Å². The highest BCUT2D eigenvalue weighted by atomic mass is 35.5. The molecule has 0 bridgehead atoms. The van der Waals surface area contributed by atoms with Crippen LogP contribution in [0.25, 0.3) is 11.0 Å². The van der Waals surface area contributed by atoms with Crippen LogP contribution in [0.4, 0.5) is 11.8 Å². The number of aromatic nitrogens is 4. The summed E-state index contributed by atoms with van der Waals surface area (Å²) in [5, 5.41) is 11.0. The van der Waals surface area contributed by atoms with Crippen molar-refractivity contribution < 1.29 is 0 Å². The summed E-state index contributed by atoms with van der Waals surface area (Å²) >= 11 is 7.56. The molecule has 0 aliphatic carbocycles. The first kappa shape index (κ1) is 14.1. The quantitative estimate of drug-likeness (QED) is 0.755. The van der Waals surface area contributed by atoms with Crippen molar-refractivity contribution in [3.63, 3.8) is 0 Å². The lowest BCUT2D eigenvalue weighted by atomic mass is 10.3. The predicted octanol–water partition coefficient (Wildman–Crippen LogP) is 3.14. The number of hydrogen-bond donors (Lipinski definition) is 2. The minimum Gasteiger partial charge on any atom is -0.354 e. The standard InChI is InChI=1S/C13H15ClN6S/c1-3-15-13-17-11-9(6-16-19-11)12(18-13)20(2)7-8-4-5-10(14)21-8/h4-6H,3,7H2,1-2H3,(H2,15,16,17,18,19). The molecule has 6 nitrogen and oxygen atoms in total. The topological polar surface area (TPSA) is 69.7 Å². The molecule has 3 aromatic rings. The number of nitrogens with zero attached hydrogens (tertiary/aromatic N) is 4. The predicted molar refractivity (Wildman–Crippen MR) is 87.3 cm³/mol. The van der Waals surface area contributed by atoms with Gasteiger partial charge in [-0.05, 0) is 19.1 Å². The third-order valence-corrected chi connectivity index (χ3v) is 4.22. The number of anilines is 2. The van der Waals surface area contributed by atoms with Crippen molar-refractivity contribution >= 4 is 45.7 Å². The molecule has 0 saturated carbocycles. The molecule has 8 heteroatoms. The minimum atomic E-state index is 0.598. The van der Waals surface area contributed by atoms with Crippen molar-refractivity contribution in [1.82, 2.24) is 20.2 Å². The Bertz CT molecular complexity index is 752. The van der Waals surface area contributed by atoms with E-state index in [0.717, 1.165) is 34.3 Å². The Balaban J connectivity index is 1.95. The lowest BCUT2D eigenvalue weighted by Crippen LogP contribution is -2.18. The molecule has 3 aromatic heterocycles. The summed E-state index contributed by atoms with van der Waals surface area (Å²) in [6.07, 6.45) is 1.75. The van der Waals surface area contributed by atoms with Gasteiger partial charge in [0.1, 0.15) is 5.82 Å². The maximum Gasteiger partial charge on any atom is 0.226 e. The van der Waals surface area contributed by atoms with Gasteiger partial charge in [0.25, 0.3) is 0 Å². The first-order valence-electron chi connectivity index (χ1n) is 6.57. The van der Waals surface area contributed by atoms with Gasteiger partial charge in [-0.1, -0.05) is 11.6 Å². The zero-order valence-corrected chi connectivity index (χ0v) is 13.3. The average Bonchev–Trinajstić information content (AvgIpc) is 3.07. The monoisotopic (exact) mass is 322 g/mol. The SMILES string of the molecule is CCNc1nc(N(C)Cc2ccc(Cl)s2)c2cn[nH]c2n1. The van der Waals surface area contributed by atoms with Crippen LogP contribution in [0.2, 0.25) is 4.34 Å². The van der Waals surface area contributed by atoms with E-state index in [2.05, 4.69) is 30.4 Å². The van der Waals surface area contributed by atoms with Gasteiger partial charge >= 0.3 is 0 Å². The van der Waals surface area contributed by atoms with Crippen LogP contribution in [-0.4, -0.2) is 33.8 Å². The van der Waals surface area contributed by atoms with Crippen LogP contribution in [-0.2, 0) is 6.54 Å². The molecule has 0 aromatic carbocycles. The Labute approximate surface area is 131 Å². The van der Waals surface area contributed by atoms with Gasteiger partial charge in [0.2, 0.25) is 5.95 Å². The number of halogens is 1. The Hall–Kier alpha value is -1.86. The smallest absolute Gasteiger partial charge is 0.226 e. The second kappa shape index (κ2) is 5.87. The van der Waals surface area contributed by atoms with Crippen LogP contribution in [0, 0.1) is 0 Å². The van der Waals surface area contributed by atoms with Crippen molar-refractivity contribution in [3.05, 3.63) is 27.5 Å². The highest BCUT2D eigenvalue weighted by molar-refractivity contribution is 7.16. The largest absolute Gasteiger partial charge is 0.354 e. The third kappa shape index (κ3) is 2.93. The summed E-state index contributed by atoms with van der Waals surface area (Å²) in [5.74, 6) is 1.44. The van der Waals surface area contributed by atoms with Crippen molar-refractivity contribution in [2.45, 2.75) is 13.5 Å². The van der Waals surface area contributed by atoms with Crippen LogP contribution >= 0.6 is 22.9 Å². The Morgan fingerprint density at radius 2 is 2.24 bits per heavy atom. The van der Waals surface area contributed by atoms with Gasteiger partial charge in [0.05, 0.1) is 22.5 Å². The van der Waals surface area contributed by atoms with Gasteiger partial charge in [0.15, 0.2) is 5.65 Å². The molecule has 0 amide bonds. The molecule has 0 aliphatic rings. The van der Waals surface area contributed by atoms with Crippen LogP contribution < -0.4 is 10.2 Å². The van der Waals surface area contributed by atoms with E-state index in [1.807, 2.05) is 26.1 Å². The molecule has 0 saturated heterocycles. The van der Waals surface area contributed by atoms with E-state index >= 15 is 0 Å². The molecule has 0 aliphatic heterocycles. The van der Waals surface area contributed by atoms with E-state index in [1.54, 1.807) is 17.5 Å². The molecular formula is C13H15ClN6S. The number of thiophene rings is 1. The summed E-state index contributed by atoms with van der Waals surface area (Å²) in [5.41, 5.74) is 0.729. The maximum atomic E-state index is 5.98. The maximum absolute atomic E-state index is 5.98. The van der Waals surface area contributed by atoms with E-state index in [-0.39, 0.29) is 0 Å². The lowest BCUT2D eigenvalue weighted by molar-refractivity contribution is 0.913. The van der Waals surface area contributed by atoms with Crippen LogP contribution in [0.1, 0.15) is 11.8 Å². The molecule has 21 heavy (non-hydrogen) atoms. The fourth-order valence-corrected chi connectivity index (χ4v) is 3.23. The van der Waals surface area contributed by atoms with Crippen molar-refractivity contribution in [2.75, 3.05) is 23.8 Å². The summed E-state index contributed by atoms with van der Waals surface area (Å²) in [6.45, 7) is 3.52. The van der Waals surface area contributed by atoms with E-state index in [4.69, 9.17) is 11.6 Å². The number of rotatable bonds is 5. The lowest BCUT2D eigenvalue weighted by Gasteiger charge is -2.18. The molecule has 3 rings (SSSR count). The molecule has 3 heterocycles. The van der Waals surface area contributed by atoms with E-state index < -0.39 is 0 Å². The number of H-pyrrole nitrogens is 1. The van der Waals surface area contributed by atoms with Crippen molar-refractivity contribution in [2.24, 2.45) is 0 Å². The fraction of sp³-hybridized carbons (Fsp3) is 0.308. The molecule has 110 valence electrons. The molecular weight excluding hydrogens is 308 g/mol. The summed E-state index contributed by atoms with van der Waals surface area (Å²) in [7, 11) is 2.00. The molecule has 0 radical (unpaired) electrons. The van der Waals surface area contributed by atoms with Crippen LogP contribution in [0.15, 0.2) is 18.3 Å². The molecule has 0 fully saturated rings. The third-order valence-electron chi connectivity index (χ3n) is 3.01. The normalized spacial score (nSPS) is 11.0. The number of aromatic amines is 1. The second-order valence-electron chi connectivity index (χ2n) is 4.60. The average molecular weight is 323 g/mol. The summed E-state index contributed by atoms with van der Waals surface area (Å²) in [4.78, 5) is 12.2. The van der Waals surface area contributed by atoms with E-state index in [0.29, 0.717) is 5.95 Å². The zero-order valence-electron chi connectivity index (χ0n) is 11.7.